The molecule has 0 spiro atoms. The Labute approximate surface area is 90.6 Å². The minimum Gasteiger partial charge on any atom is -1.00 e. The molecule has 1 aromatic heterocycles. The molecule has 1 aromatic rings. The highest BCUT2D eigenvalue weighted by Gasteiger charge is 2.27. The van der Waals surface area contributed by atoms with E-state index in [1.807, 2.05) is 0 Å². The van der Waals surface area contributed by atoms with Gasteiger partial charge in [-0.1, -0.05) is 0 Å². The van der Waals surface area contributed by atoms with Crippen molar-refractivity contribution in [2.24, 2.45) is 7.05 Å². The van der Waals surface area contributed by atoms with Crippen molar-refractivity contribution in [2.45, 2.75) is 19.1 Å². The van der Waals surface area contributed by atoms with Crippen LogP contribution in [0.5, 0.6) is 0 Å². The maximum atomic E-state index is 11.7. The van der Waals surface area contributed by atoms with Crippen molar-refractivity contribution >= 4 is 0 Å². The second-order valence-electron chi connectivity index (χ2n) is 2.52. The highest BCUT2D eigenvalue weighted by Crippen LogP contribution is 2.18. The predicted octanol–water partition coefficient (Wildman–Crippen LogP) is -2.34. The smallest absolute Gasteiger partial charge is 0.392 e. The molecule has 76 valence electrons. The molecule has 0 aromatic carbocycles. The largest absolute Gasteiger partial charge is 1.00 e. The molecule has 0 atom stereocenters. The highest BCUT2D eigenvalue weighted by molar-refractivity contribution is 4.45. The zero-order valence-corrected chi connectivity index (χ0v) is 9.08. The van der Waals surface area contributed by atoms with Crippen LogP contribution < -0.4 is 28.5 Å². The summed E-state index contributed by atoms with van der Waals surface area (Å²) in [7, 11) is 1.66. The van der Waals surface area contributed by atoms with E-state index in [1.54, 1.807) is 7.05 Å². The lowest BCUT2D eigenvalue weighted by atomic mass is 10.4. The normalized spacial score (nSPS) is 11.1. The lowest BCUT2D eigenvalue weighted by molar-refractivity contribution is -0.700. The number of nitrogens with zero attached hydrogens (tertiary/aromatic N) is 3. The Balaban J connectivity index is 0.00000144. The van der Waals surface area contributed by atoms with Gasteiger partial charge in [-0.3, -0.25) is 0 Å². The molecule has 0 fully saturated rings. The minimum atomic E-state index is -4.09. The van der Waals surface area contributed by atoms with Crippen LogP contribution in [0.3, 0.4) is 0 Å². The van der Waals surface area contributed by atoms with Crippen LogP contribution in [0.25, 0.3) is 0 Å². The van der Waals surface area contributed by atoms with Crippen LogP contribution in [-0.2, 0) is 13.6 Å². The molecule has 0 bridgehead atoms. The van der Waals surface area contributed by atoms with Crippen molar-refractivity contribution in [3.8, 4) is 0 Å². The van der Waals surface area contributed by atoms with Crippen molar-refractivity contribution in [1.29, 1.82) is 0 Å². The van der Waals surface area contributed by atoms with E-state index in [2.05, 4.69) is 5.10 Å². The number of hydrogen-bond donors (Lipinski definition) is 0. The number of halogens is 4. The van der Waals surface area contributed by atoms with Crippen LogP contribution in [0.1, 0.15) is 6.42 Å². The molecular formula is C6H9F3IN3. The van der Waals surface area contributed by atoms with Crippen molar-refractivity contribution in [1.82, 2.24) is 9.78 Å². The first-order valence-electron chi connectivity index (χ1n) is 3.42. The highest BCUT2D eigenvalue weighted by atomic mass is 127. The average molecular weight is 307 g/mol. The molecule has 7 heteroatoms. The quantitative estimate of drug-likeness (QED) is 0.443. The number of rotatable bonds is 2. The van der Waals surface area contributed by atoms with Gasteiger partial charge in [0.15, 0.2) is 0 Å². The molecule has 0 amide bonds. The molecule has 0 unspecified atom stereocenters. The first kappa shape index (κ1) is 12.7. The molecule has 1 rings (SSSR count). The van der Waals surface area contributed by atoms with E-state index in [0.717, 1.165) is 0 Å². The third-order valence-electron chi connectivity index (χ3n) is 1.35. The number of aromatic nitrogens is 3. The lowest BCUT2D eigenvalue weighted by Gasteiger charge is -2.02. The summed E-state index contributed by atoms with van der Waals surface area (Å²) >= 11 is 0. The molecule has 0 aliphatic carbocycles. The summed E-state index contributed by atoms with van der Waals surface area (Å²) in [4.78, 5) is 0. The van der Waals surface area contributed by atoms with Gasteiger partial charge in [-0.15, -0.1) is 4.68 Å². The van der Waals surface area contributed by atoms with Crippen LogP contribution in [0, 0.1) is 0 Å². The summed E-state index contributed by atoms with van der Waals surface area (Å²) in [5, 5.41) is 3.73. The monoisotopic (exact) mass is 307 g/mol. The van der Waals surface area contributed by atoms with Crippen LogP contribution in [0.4, 0.5) is 13.2 Å². The first-order chi connectivity index (χ1) is 5.47. The van der Waals surface area contributed by atoms with E-state index >= 15 is 0 Å². The number of aryl methyl sites for hydroxylation is 2. The second-order valence-corrected chi connectivity index (χ2v) is 2.52. The Morgan fingerprint density at radius 2 is 2.08 bits per heavy atom. The summed E-state index contributed by atoms with van der Waals surface area (Å²) in [6, 6.07) is 0. The van der Waals surface area contributed by atoms with Gasteiger partial charge in [-0.25, -0.2) is 4.57 Å². The van der Waals surface area contributed by atoms with Crippen molar-refractivity contribution < 1.29 is 41.7 Å². The molecule has 0 aliphatic heterocycles. The van der Waals surface area contributed by atoms with Crippen LogP contribution in [0.15, 0.2) is 12.7 Å². The van der Waals surface area contributed by atoms with Gasteiger partial charge in [0.2, 0.25) is 6.33 Å². The molecule has 0 radical (unpaired) electrons. The summed E-state index contributed by atoms with van der Waals surface area (Å²) in [5.74, 6) is 0. The second kappa shape index (κ2) is 4.77. The van der Waals surface area contributed by atoms with Gasteiger partial charge in [0.05, 0.1) is 20.0 Å². The fourth-order valence-corrected chi connectivity index (χ4v) is 0.793. The fourth-order valence-electron chi connectivity index (χ4n) is 0.793. The maximum Gasteiger partial charge on any atom is 0.392 e. The third-order valence-corrected chi connectivity index (χ3v) is 1.35. The molecule has 0 saturated carbocycles. The van der Waals surface area contributed by atoms with Crippen molar-refractivity contribution in [3.63, 3.8) is 0 Å². The number of hydrogen-bond acceptors (Lipinski definition) is 1. The molecular weight excluding hydrogens is 298 g/mol. The van der Waals surface area contributed by atoms with E-state index in [0.29, 0.717) is 0 Å². The van der Waals surface area contributed by atoms with E-state index in [9.17, 15) is 13.2 Å². The van der Waals surface area contributed by atoms with Gasteiger partial charge in [0, 0.05) is 5.10 Å². The van der Waals surface area contributed by atoms with E-state index < -0.39 is 12.6 Å². The van der Waals surface area contributed by atoms with Gasteiger partial charge in [-0.05, 0) is 0 Å². The molecule has 13 heavy (non-hydrogen) atoms. The summed E-state index contributed by atoms with van der Waals surface area (Å²) in [5.41, 5.74) is 0. The van der Waals surface area contributed by atoms with Crippen molar-refractivity contribution in [2.75, 3.05) is 0 Å². The standard InChI is InChI=1S/C6H9F3N3.HI/c1-11-5-12(4-10-11)3-2-6(7,8)9;/h4-5H,2-3H2,1H3;1H/q+1;/p-1. The van der Waals surface area contributed by atoms with Crippen LogP contribution >= 0.6 is 0 Å². The zero-order chi connectivity index (χ0) is 9.19. The molecule has 1 heterocycles. The maximum absolute atomic E-state index is 11.7. The van der Waals surface area contributed by atoms with Gasteiger partial charge in [-0.2, -0.15) is 13.2 Å². The van der Waals surface area contributed by atoms with E-state index in [1.165, 1.54) is 21.9 Å². The Morgan fingerprint density at radius 3 is 2.46 bits per heavy atom. The summed E-state index contributed by atoms with van der Waals surface area (Å²) in [6.07, 6.45) is -2.04. The summed E-state index contributed by atoms with van der Waals surface area (Å²) in [6.45, 7) is -0.0721. The van der Waals surface area contributed by atoms with Gasteiger partial charge >= 0.3 is 6.18 Å². The summed E-state index contributed by atoms with van der Waals surface area (Å²) < 4.78 is 38.0. The Bertz CT molecular complexity index is 258. The third kappa shape index (κ3) is 5.06. The van der Waals surface area contributed by atoms with Gasteiger partial charge in [0.1, 0.15) is 0 Å². The first-order valence-corrected chi connectivity index (χ1v) is 3.42. The average Bonchev–Trinajstić information content (AvgIpc) is 2.30. The minimum absolute atomic E-state index is 0. The molecule has 0 N–H and O–H groups in total. The van der Waals surface area contributed by atoms with Crippen LogP contribution in [-0.4, -0.2) is 16.0 Å². The Kier molecular flexibility index (Phi) is 4.65. The SMILES string of the molecule is Cn1c[n+](CCC(F)(F)F)cn1.[I-]. The molecule has 3 nitrogen and oxygen atoms in total. The fraction of sp³-hybridized carbons (Fsp3) is 0.667. The Morgan fingerprint density at radius 1 is 1.46 bits per heavy atom. The molecule has 0 saturated heterocycles. The number of alkyl halides is 3. The van der Waals surface area contributed by atoms with E-state index in [4.69, 9.17) is 0 Å². The van der Waals surface area contributed by atoms with Gasteiger partial charge < -0.3 is 24.0 Å². The predicted molar refractivity (Wildman–Crippen MR) is 34.1 cm³/mol. The van der Waals surface area contributed by atoms with Crippen LogP contribution in [0.2, 0.25) is 0 Å². The van der Waals surface area contributed by atoms with Crippen molar-refractivity contribution in [3.05, 3.63) is 12.7 Å². The van der Waals surface area contributed by atoms with E-state index in [-0.39, 0.29) is 30.5 Å². The topological polar surface area (TPSA) is 21.7 Å². The molecule has 0 aliphatic rings. The Hall–Kier alpha value is -0.340. The lowest BCUT2D eigenvalue weighted by Crippen LogP contribution is -3.00. The van der Waals surface area contributed by atoms with Gasteiger partial charge in [0.25, 0.3) is 6.33 Å². The zero-order valence-electron chi connectivity index (χ0n) is 6.92.